The number of hydrogen-bond donors (Lipinski definition) is 0. The topological polar surface area (TPSA) is 81.7 Å². The zero-order valence-electron chi connectivity index (χ0n) is 31.4. The van der Waals surface area contributed by atoms with Gasteiger partial charge in [-0.2, -0.15) is 0 Å². The summed E-state index contributed by atoms with van der Waals surface area (Å²) in [5.41, 5.74) is 0. The fraction of sp³-hybridized carbons (Fsp3) is 0.853. The van der Waals surface area contributed by atoms with E-state index in [0.29, 0.717) is 25.4 Å². The highest BCUT2D eigenvalue weighted by Gasteiger charge is 2.43. The summed E-state index contributed by atoms with van der Waals surface area (Å²) in [6, 6.07) is 0. The molecule has 0 aromatic carbocycles. The number of hydrogen-bond acceptors (Lipinski definition) is 8. The quantitative estimate of drug-likeness (QED) is 0.0399. The lowest BCUT2D eigenvalue weighted by Crippen LogP contribution is -2.47. The van der Waals surface area contributed by atoms with Gasteiger partial charge in [-0.15, -0.1) is 6.58 Å². The van der Waals surface area contributed by atoms with Gasteiger partial charge in [-0.05, 0) is 68.9 Å². The van der Waals surface area contributed by atoms with E-state index in [2.05, 4.69) is 74.3 Å². The Hall–Kier alpha value is -0.856. The second-order valence-corrected chi connectivity index (χ2v) is 25.0. The van der Waals surface area contributed by atoms with E-state index in [1.165, 1.54) is 20.3 Å². The largest absolute Gasteiger partial charge is 0.501 e. The first-order valence-corrected chi connectivity index (χ1v) is 21.7. The monoisotopic (exact) mass is 660 g/mol. The molecule has 3 unspecified atom stereocenters. The summed E-state index contributed by atoms with van der Waals surface area (Å²) >= 11 is 0. The highest BCUT2D eigenvalue weighted by atomic mass is 28.4. The van der Waals surface area contributed by atoms with Crippen LogP contribution in [0.2, 0.25) is 36.3 Å². The maximum Gasteiger partial charge on any atom is 0.235 e. The molecule has 0 aliphatic rings. The Morgan fingerprint density at radius 2 is 1.32 bits per heavy atom. The average molecular weight is 661 g/mol. The van der Waals surface area contributed by atoms with Crippen LogP contribution in [0.4, 0.5) is 0 Å². The van der Waals surface area contributed by atoms with E-state index < -0.39 is 34.3 Å². The van der Waals surface area contributed by atoms with Gasteiger partial charge in [-0.3, -0.25) is 4.79 Å². The summed E-state index contributed by atoms with van der Waals surface area (Å²) in [7, 11) is 2.26. The second-order valence-electron chi connectivity index (χ2n) is 15.4. The maximum absolute atomic E-state index is 13.9. The molecule has 0 bridgehead atoms. The van der Waals surface area contributed by atoms with Crippen molar-refractivity contribution in [2.24, 2.45) is 11.8 Å². The summed E-state index contributed by atoms with van der Waals surface area (Å²) in [6.45, 7) is 33.1. The number of carbonyl (C=O) groups excluding carboxylic acids is 1. The third kappa shape index (κ3) is 13.1. The van der Waals surface area contributed by atoms with Gasteiger partial charge in [0.25, 0.3) is 0 Å². The van der Waals surface area contributed by atoms with E-state index in [1.54, 1.807) is 14.2 Å². The number of ketones is 1. The first-order valence-electron chi connectivity index (χ1n) is 15.9. The molecule has 0 radical (unpaired) electrons. The van der Waals surface area contributed by atoms with Crippen LogP contribution in [0.15, 0.2) is 24.5 Å². The Kier molecular flexibility index (Phi) is 17.0. The lowest BCUT2D eigenvalue weighted by atomic mass is 9.92. The van der Waals surface area contributed by atoms with Gasteiger partial charge in [0.2, 0.25) is 11.6 Å². The lowest BCUT2D eigenvalue weighted by Gasteiger charge is -2.38. The summed E-state index contributed by atoms with van der Waals surface area (Å²) < 4.78 is 42.2. The number of rotatable bonds is 21. The molecule has 8 nitrogen and oxygen atoms in total. The third-order valence-electron chi connectivity index (χ3n) is 9.63. The van der Waals surface area contributed by atoms with Crippen molar-refractivity contribution in [1.82, 2.24) is 0 Å². The number of allylic oxidation sites excluding steroid dienone is 1. The Balaban J connectivity index is 6.10. The van der Waals surface area contributed by atoms with Crippen molar-refractivity contribution < 1.29 is 37.3 Å². The first kappa shape index (κ1) is 43.1. The molecule has 0 aliphatic carbocycles. The summed E-state index contributed by atoms with van der Waals surface area (Å²) in [5.74, 6) is -2.41. The molecule has 0 rings (SSSR count). The van der Waals surface area contributed by atoms with Gasteiger partial charge in [0.05, 0.1) is 13.2 Å². The summed E-state index contributed by atoms with van der Waals surface area (Å²) in [4.78, 5) is 13.9. The third-order valence-corrected chi connectivity index (χ3v) is 18.7. The van der Waals surface area contributed by atoms with Gasteiger partial charge < -0.3 is 32.5 Å². The minimum absolute atomic E-state index is 0.0753. The van der Waals surface area contributed by atoms with Crippen molar-refractivity contribution >= 4 is 22.4 Å². The number of methoxy groups -OCH3 is 4. The fourth-order valence-electron chi connectivity index (χ4n) is 4.10. The molecule has 0 heterocycles. The zero-order valence-corrected chi connectivity index (χ0v) is 33.4. The molecule has 10 heteroatoms. The predicted octanol–water partition coefficient (Wildman–Crippen LogP) is 8.49. The summed E-state index contributed by atoms with van der Waals surface area (Å²) in [6.07, 6.45) is 4.45. The van der Waals surface area contributed by atoms with Crippen LogP contribution in [-0.2, 0) is 37.3 Å². The number of carbonyl (C=O) groups is 1. The zero-order chi connectivity index (χ0) is 34.8. The van der Waals surface area contributed by atoms with Crippen LogP contribution < -0.4 is 0 Å². The average Bonchev–Trinajstić information content (AvgIpc) is 2.90. The van der Waals surface area contributed by atoms with E-state index in [9.17, 15) is 4.79 Å². The van der Waals surface area contributed by atoms with Crippen LogP contribution >= 0.6 is 0 Å². The molecule has 0 saturated carbocycles. The fourth-order valence-corrected chi connectivity index (χ4v) is 6.26. The molecule has 44 heavy (non-hydrogen) atoms. The highest BCUT2D eigenvalue weighted by Crippen LogP contribution is 2.38. The van der Waals surface area contributed by atoms with Crippen molar-refractivity contribution in [1.29, 1.82) is 0 Å². The molecule has 260 valence electrons. The molecule has 0 spiro atoms. The Morgan fingerprint density at radius 3 is 1.73 bits per heavy atom. The smallest absolute Gasteiger partial charge is 0.235 e. The molecule has 0 aromatic rings. The second kappa shape index (κ2) is 17.3. The molecular formula is C34H68O8Si2. The molecule has 0 saturated heterocycles. The van der Waals surface area contributed by atoms with Crippen LogP contribution in [0.5, 0.6) is 0 Å². The van der Waals surface area contributed by atoms with Gasteiger partial charge in [0.1, 0.15) is 5.76 Å². The van der Waals surface area contributed by atoms with Crippen LogP contribution in [0.25, 0.3) is 0 Å². The van der Waals surface area contributed by atoms with E-state index in [1.807, 2.05) is 26.8 Å². The predicted molar refractivity (Wildman–Crippen MR) is 186 cm³/mol. The van der Waals surface area contributed by atoms with Gasteiger partial charge in [-0.1, -0.05) is 54.5 Å². The normalized spacial score (nSPS) is 16.4. The van der Waals surface area contributed by atoms with Crippen LogP contribution in [-0.4, -0.2) is 81.7 Å². The van der Waals surface area contributed by atoms with Crippen LogP contribution in [0.3, 0.4) is 0 Å². The van der Waals surface area contributed by atoms with Gasteiger partial charge in [0, 0.05) is 53.0 Å². The minimum Gasteiger partial charge on any atom is -0.501 e. The Labute approximate surface area is 272 Å². The molecule has 0 aliphatic heterocycles. The van der Waals surface area contributed by atoms with Crippen molar-refractivity contribution in [2.45, 2.75) is 136 Å². The van der Waals surface area contributed by atoms with Crippen LogP contribution in [0, 0.1) is 11.8 Å². The van der Waals surface area contributed by atoms with E-state index in [0.717, 1.165) is 6.42 Å². The number of ether oxygens (including phenoxy) is 5. The molecule has 3 atom stereocenters. The Morgan fingerprint density at radius 1 is 0.818 bits per heavy atom. The lowest BCUT2D eigenvalue weighted by molar-refractivity contribution is -0.258. The van der Waals surface area contributed by atoms with Gasteiger partial charge in [-0.25, -0.2) is 0 Å². The molecule has 0 fully saturated rings. The minimum atomic E-state index is -1.97. The highest BCUT2D eigenvalue weighted by molar-refractivity contribution is 6.74. The molecular weight excluding hydrogens is 593 g/mol. The van der Waals surface area contributed by atoms with Gasteiger partial charge in [0.15, 0.2) is 22.4 Å². The molecule has 0 amide bonds. The van der Waals surface area contributed by atoms with Crippen molar-refractivity contribution in [2.75, 3.05) is 41.7 Å². The van der Waals surface area contributed by atoms with E-state index in [4.69, 9.17) is 32.5 Å². The van der Waals surface area contributed by atoms with E-state index >= 15 is 0 Å². The Bertz CT molecular complexity index is 911. The van der Waals surface area contributed by atoms with E-state index in [-0.39, 0.29) is 34.1 Å². The molecule has 0 aromatic heterocycles. The van der Waals surface area contributed by atoms with Gasteiger partial charge >= 0.3 is 0 Å². The van der Waals surface area contributed by atoms with Crippen molar-refractivity contribution in [3.63, 3.8) is 0 Å². The molecule has 0 N–H and O–H groups in total. The first-order chi connectivity index (χ1) is 19.9. The van der Waals surface area contributed by atoms with Crippen LogP contribution in [0.1, 0.15) is 81.6 Å². The maximum atomic E-state index is 13.9. The summed E-state index contributed by atoms with van der Waals surface area (Å²) in [5, 5.41) is 0.205. The standard InChI is InChI=1S/C34H68O8Si2/c1-19-27(20-21-40-43(15,16)31(3,4)5)22-28(42-33(9,10)37-12)24-34(38-13,39-14)30(35)23-29(36-11)26(2)25-41-44(17,18)32(6,7)8/h19,23,26-28H,1,20-22,24-25H2,2-18H3/b29-23-. The van der Waals surface area contributed by atoms with Crippen molar-refractivity contribution in [3.8, 4) is 0 Å². The van der Waals surface area contributed by atoms with Crippen molar-refractivity contribution in [3.05, 3.63) is 24.5 Å². The SMILES string of the molecule is C=CC(CCO[Si](C)(C)C(C)(C)C)CC(CC(OC)(OC)C(=O)/C=C(\OC)C(C)CO[Si](C)(C)C(C)(C)C)OC(C)(C)OC.